The van der Waals surface area contributed by atoms with Gasteiger partial charge in [-0.25, -0.2) is 9.78 Å². The maximum absolute atomic E-state index is 12.2. The Hall–Kier alpha value is -1.18. The molecule has 0 aromatic carbocycles. The molecule has 0 bridgehead atoms. The van der Waals surface area contributed by atoms with Gasteiger partial charge in [-0.15, -0.1) is 11.3 Å². The van der Waals surface area contributed by atoms with Crippen molar-refractivity contribution in [2.24, 2.45) is 0 Å². The number of nitrogens with one attached hydrogen (secondary N) is 1. The fourth-order valence-electron chi connectivity index (χ4n) is 2.72. The minimum Gasteiger partial charge on any atom is -0.395 e. The van der Waals surface area contributed by atoms with Crippen LogP contribution < -0.4 is 5.32 Å². The van der Waals surface area contributed by atoms with Gasteiger partial charge in [0.2, 0.25) is 0 Å². The Morgan fingerprint density at radius 3 is 2.76 bits per heavy atom. The van der Waals surface area contributed by atoms with Gasteiger partial charge in [-0.05, 0) is 12.8 Å². The normalized spacial score (nSPS) is 20.3. The molecular formula is C14H22N4O2S. The molecule has 2 aliphatic rings. The highest BCUT2D eigenvalue weighted by atomic mass is 32.1. The molecule has 1 saturated carbocycles. The first-order valence-corrected chi connectivity index (χ1v) is 8.49. The largest absolute Gasteiger partial charge is 0.395 e. The number of nitrogens with zero attached hydrogens (tertiary/aromatic N) is 3. The molecule has 2 amide bonds. The van der Waals surface area contributed by atoms with E-state index >= 15 is 0 Å². The number of carbonyl (C=O) groups is 1. The summed E-state index contributed by atoms with van der Waals surface area (Å²) in [7, 11) is 0. The van der Waals surface area contributed by atoms with Gasteiger partial charge >= 0.3 is 6.03 Å². The Bertz CT molecular complexity index is 481. The van der Waals surface area contributed by atoms with Crippen LogP contribution in [0.3, 0.4) is 0 Å². The highest BCUT2D eigenvalue weighted by molar-refractivity contribution is 7.13. The molecule has 1 aliphatic carbocycles. The number of β-amino-alcohol motifs (C(OH)–C–C–N with tert-alkyl or cyclic N) is 1. The van der Waals surface area contributed by atoms with E-state index in [1.54, 1.807) is 0 Å². The number of aliphatic hydroxyl groups is 1. The molecule has 1 aromatic heterocycles. The average Bonchev–Trinajstić information content (AvgIpc) is 2.86. The quantitative estimate of drug-likeness (QED) is 0.885. The molecular weight excluding hydrogens is 288 g/mol. The minimum absolute atomic E-state index is 0.0619. The summed E-state index contributed by atoms with van der Waals surface area (Å²) in [5, 5.41) is 14.6. The number of carbonyl (C=O) groups excluding carboxylic acids is 1. The maximum atomic E-state index is 12.2. The Morgan fingerprint density at radius 2 is 2.14 bits per heavy atom. The van der Waals surface area contributed by atoms with Crippen molar-refractivity contribution in [3.63, 3.8) is 0 Å². The van der Waals surface area contributed by atoms with Crippen molar-refractivity contribution in [1.82, 2.24) is 14.8 Å². The number of thiazole rings is 1. The molecule has 1 saturated heterocycles. The number of urea groups is 1. The van der Waals surface area contributed by atoms with E-state index in [-0.39, 0.29) is 12.6 Å². The number of hydrogen-bond donors (Lipinski definition) is 2. The van der Waals surface area contributed by atoms with Crippen LogP contribution >= 0.6 is 11.3 Å². The third kappa shape index (κ3) is 3.53. The SMILES string of the molecule is O=C(Nc1nc(C2CCC2)cs1)N1CCN(CCO)CC1. The molecule has 1 aliphatic heterocycles. The Labute approximate surface area is 128 Å². The van der Waals surface area contributed by atoms with Crippen molar-refractivity contribution < 1.29 is 9.90 Å². The third-order valence-electron chi connectivity index (χ3n) is 4.33. The van der Waals surface area contributed by atoms with Crippen LogP contribution in [0, 0.1) is 0 Å². The fraction of sp³-hybridized carbons (Fsp3) is 0.714. The minimum atomic E-state index is -0.0619. The van der Waals surface area contributed by atoms with Gasteiger partial charge in [0.25, 0.3) is 0 Å². The summed E-state index contributed by atoms with van der Waals surface area (Å²) >= 11 is 1.51. The molecule has 2 fully saturated rings. The monoisotopic (exact) mass is 310 g/mol. The number of rotatable bonds is 4. The zero-order valence-corrected chi connectivity index (χ0v) is 12.9. The van der Waals surface area contributed by atoms with Gasteiger partial charge in [0.05, 0.1) is 12.3 Å². The Kier molecular flexibility index (Phi) is 4.72. The van der Waals surface area contributed by atoms with Crippen LogP contribution in [0.2, 0.25) is 0 Å². The van der Waals surface area contributed by atoms with Crippen LogP contribution in [-0.2, 0) is 0 Å². The Morgan fingerprint density at radius 1 is 1.38 bits per heavy atom. The van der Waals surface area contributed by atoms with E-state index in [1.165, 1.54) is 30.6 Å². The van der Waals surface area contributed by atoms with E-state index in [1.807, 2.05) is 4.90 Å². The lowest BCUT2D eigenvalue weighted by Crippen LogP contribution is -2.50. The van der Waals surface area contributed by atoms with Gasteiger partial charge in [0.15, 0.2) is 5.13 Å². The van der Waals surface area contributed by atoms with E-state index in [2.05, 4.69) is 20.6 Å². The van der Waals surface area contributed by atoms with Gasteiger partial charge in [-0.3, -0.25) is 10.2 Å². The smallest absolute Gasteiger partial charge is 0.323 e. The Balaban J connectivity index is 1.48. The summed E-state index contributed by atoms with van der Waals surface area (Å²) in [6.45, 7) is 3.90. The zero-order valence-electron chi connectivity index (χ0n) is 12.1. The van der Waals surface area contributed by atoms with Gasteiger partial charge in [0.1, 0.15) is 0 Å². The molecule has 6 nitrogen and oxygen atoms in total. The summed E-state index contributed by atoms with van der Waals surface area (Å²) in [6.07, 6.45) is 3.75. The second-order valence-corrected chi connectivity index (χ2v) is 6.55. The second-order valence-electron chi connectivity index (χ2n) is 5.69. The first kappa shape index (κ1) is 14.7. The van der Waals surface area contributed by atoms with E-state index in [0.717, 1.165) is 18.8 Å². The van der Waals surface area contributed by atoms with Crippen molar-refractivity contribution in [1.29, 1.82) is 0 Å². The van der Waals surface area contributed by atoms with Crippen molar-refractivity contribution in [3.8, 4) is 0 Å². The van der Waals surface area contributed by atoms with E-state index in [4.69, 9.17) is 5.11 Å². The highest BCUT2D eigenvalue weighted by Crippen LogP contribution is 2.37. The summed E-state index contributed by atoms with van der Waals surface area (Å²) in [5.74, 6) is 0.605. The van der Waals surface area contributed by atoms with Crippen molar-refractivity contribution in [3.05, 3.63) is 11.1 Å². The fourth-order valence-corrected chi connectivity index (χ4v) is 3.50. The van der Waals surface area contributed by atoms with Crippen molar-refractivity contribution >= 4 is 22.5 Å². The van der Waals surface area contributed by atoms with E-state index < -0.39 is 0 Å². The molecule has 0 spiro atoms. The third-order valence-corrected chi connectivity index (χ3v) is 5.11. The van der Waals surface area contributed by atoms with E-state index in [0.29, 0.717) is 30.7 Å². The van der Waals surface area contributed by atoms with Crippen LogP contribution in [0.4, 0.5) is 9.93 Å². The maximum Gasteiger partial charge on any atom is 0.323 e. The standard InChI is InChI=1S/C14H22N4O2S/c19-9-8-17-4-6-18(7-5-17)14(20)16-13-15-12(10-21-13)11-2-1-3-11/h10-11,19H,1-9H2,(H,15,16,20). The lowest BCUT2D eigenvalue weighted by atomic mass is 9.83. The molecule has 116 valence electrons. The van der Waals surface area contributed by atoms with E-state index in [9.17, 15) is 4.79 Å². The van der Waals surface area contributed by atoms with Crippen molar-refractivity contribution in [2.75, 3.05) is 44.6 Å². The summed E-state index contributed by atoms with van der Waals surface area (Å²) in [4.78, 5) is 20.7. The zero-order chi connectivity index (χ0) is 14.7. The summed E-state index contributed by atoms with van der Waals surface area (Å²) in [6, 6.07) is -0.0619. The summed E-state index contributed by atoms with van der Waals surface area (Å²) in [5.41, 5.74) is 1.13. The second kappa shape index (κ2) is 6.72. The number of piperazine rings is 1. The lowest BCUT2D eigenvalue weighted by Gasteiger charge is -2.34. The van der Waals surface area contributed by atoms with Gasteiger partial charge in [0, 0.05) is 44.0 Å². The number of amides is 2. The van der Waals surface area contributed by atoms with Crippen LogP contribution in [-0.4, -0.2) is 65.3 Å². The highest BCUT2D eigenvalue weighted by Gasteiger charge is 2.24. The molecule has 7 heteroatoms. The lowest BCUT2D eigenvalue weighted by molar-refractivity contribution is 0.127. The first-order chi connectivity index (χ1) is 10.3. The molecule has 0 unspecified atom stereocenters. The van der Waals surface area contributed by atoms with Crippen LogP contribution in [0.1, 0.15) is 30.9 Å². The summed E-state index contributed by atoms with van der Waals surface area (Å²) < 4.78 is 0. The number of aliphatic hydroxyl groups excluding tert-OH is 1. The molecule has 21 heavy (non-hydrogen) atoms. The average molecular weight is 310 g/mol. The number of aromatic nitrogens is 1. The van der Waals surface area contributed by atoms with Gasteiger partial charge < -0.3 is 10.0 Å². The molecule has 1 aromatic rings. The van der Waals surface area contributed by atoms with Gasteiger partial charge in [-0.1, -0.05) is 6.42 Å². The van der Waals surface area contributed by atoms with Crippen LogP contribution in [0.15, 0.2) is 5.38 Å². The molecule has 2 N–H and O–H groups in total. The molecule has 2 heterocycles. The van der Waals surface area contributed by atoms with Crippen LogP contribution in [0.5, 0.6) is 0 Å². The molecule has 3 rings (SSSR count). The number of hydrogen-bond acceptors (Lipinski definition) is 5. The van der Waals surface area contributed by atoms with Gasteiger partial charge in [-0.2, -0.15) is 0 Å². The first-order valence-electron chi connectivity index (χ1n) is 7.61. The topological polar surface area (TPSA) is 68.7 Å². The number of anilines is 1. The predicted octanol–water partition coefficient (Wildman–Crippen LogP) is 1.55. The molecule has 0 radical (unpaired) electrons. The van der Waals surface area contributed by atoms with Crippen molar-refractivity contribution in [2.45, 2.75) is 25.2 Å². The predicted molar refractivity (Wildman–Crippen MR) is 82.8 cm³/mol. The molecule has 0 atom stereocenters. The van der Waals surface area contributed by atoms with Crippen LogP contribution in [0.25, 0.3) is 0 Å².